The van der Waals surface area contributed by atoms with E-state index >= 15 is 0 Å². The summed E-state index contributed by atoms with van der Waals surface area (Å²) in [5.74, 6) is -0.380. The molecule has 0 saturated carbocycles. The summed E-state index contributed by atoms with van der Waals surface area (Å²) in [7, 11) is -3.75. The van der Waals surface area contributed by atoms with Gasteiger partial charge in [0.15, 0.2) is 0 Å². The van der Waals surface area contributed by atoms with Gasteiger partial charge >= 0.3 is 0 Å². The monoisotopic (exact) mass is 416 g/mol. The third kappa shape index (κ3) is 5.04. The quantitative estimate of drug-likeness (QED) is 0.786. The molecule has 1 aliphatic heterocycles. The zero-order valence-electron chi connectivity index (χ0n) is 17.1. The summed E-state index contributed by atoms with van der Waals surface area (Å²) in [6, 6.07) is 12.5. The van der Waals surface area contributed by atoms with Gasteiger partial charge in [-0.1, -0.05) is 35.9 Å². The Balaban J connectivity index is 1.77. The van der Waals surface area contributed by atoms with Gasteiger partial charge in [0.1, 0.15) is 0 Å². The molecular weight excluding hydrogens is 388 g/mol. The normalized spacial score (nSPS) is 16.4. The van der Waals surface area contributed by atoms with Crippen LogP contribution in [0.4, 0.5) is 0 Å². The Morgan fingerprint density at radius 2 is 1.83 bits per heavy atom. The van der Waals surface area contributed by atoms with Crippen LogP contribution in [0.15, 0.2) is 47.4 Å². The number of carbonyl (C=O) groups excluding carboxylic acids is 1. The molecule has 29 heavy (non-hydrogen) atoms. The van der Waals surface area contributed by atoms with Crippen LogP contribution in [-0.2, 0) is 21.2 Å². The fourth-order valence-corrected chi connectivity index (χ4v) is 5.16. The van der Waals surface area contributed by atoms with Crippen LogP contribution in [0.1, 0.15) is 34.0 Å². The number of nitrogens with one attached hydrogen (secondary N) is 1. The molecule has 2 aromatic rings. The van der Waals surface area contributed by atoms with Crippen LogP contribution in [0.5, 0.6) is 0 Å². The van der Waals surface area contributed by atoms with Gasteiger partial charge in [-0.15, -0.1) is 0 Å². The van der Waals surface area contributed by atoms with Crippen molar-refractivity contribution in [1.82, 2.24) is 9.62 Å². The zero-order chi connectivity index (χ0) is 21.0. The summed E-state index contributed by atoms with van der Waals surface area (Å²) in [5.41, 5.74) is 3.72. The van der Waals surface area contributed by atoms with E-state index in [9.17, 15) is 13.2 Å². The molecule has 3 rings (SSSR count). The van der Waals surface area contributed by atoms with Crippen LogP contribution in [0.25, 0.3) is 0 Å². The number of hydrogen-bond acceptors (Lipinski definition) is 4. The minimum atomic E-state index is -3.75. The first-order valence-electron chi connectivity index (χ1n) is 9.83. The summed E-state index contributed by atoms with van der Waals surface area (Å²) in [5, 5.41) is 2.96. The third-order valence-corrected chi connectivity index (χ3v) is 7.08. The molecule has 1 atom stereocenters. The molecule has 0 bridgehead atoms. The van der Waals surface area contributed by atoms with Gasteiger partial charge in [0.05, 0.1) is 23.7 Å². The van der Waals surface area contributed by atoms with Crippen LogP contribution in [0.3, 0.4) is 0 Å². The maximum absolute atomic E-state index is 13.1. The molecule has 0 radical (unpaired) electrons. The number of benzene rings is 2. The SMILES string of the molecule is Cc1ccc(CC(C)NC(=O)c2ccccc2S(=O)(=O)N2CCOCC2)c(C)c1. The second-order valence-corrected chi connectivity index (χ2v) is 9.43. The van der Waals surface area contributed by atoms with E-state index in [1.165, 1.54) is 21.5 Å². The average Bonchev–Trinajstić information content (AvgIpc) is 2.70. The molecular formula is C22H28N2O4S. The van der Waals surface area contributed by atoms with E-state index in [0.29, 0.717) is 32.7 Å². The number of nitrogens with zero attached hydrogens (tertiary/aromatic N) is 1. The van der Waals surface area contributed by atoms with Gasteiger partial charge in [0.2, 0.25) is 10.0 Å². The summed E-state index contributed by atoms with van der Waals surface area (Å²) in [6.45, 7) is 7.34. The maximum atomic E-state index is 13.1. The summed E-state index contributed by atoms with van der Waals surface area (Å²) >= 11 is 0. The summed E-state index contributed by atoms with van der Waals surface area (Å²) < 4.78 is 32.7. The van der Waals surface area contributed by atoms with Crippen LogP contribution < -0.4 is 5.32 Å². The average molecular weight is 417 g/mol. The number of sulfonamides is 1. The predicted octanol–water partition coefficient (Wildman–Crippen LogP) is 2.69. The molecule has 1 heterocycles. The minimum Gasteiger partial charge on any atom is -0.379 e. The van der Waals surface area contributed by atoms with Crippen molar-refractivity contribution in [2.45, 2.75) is 38.1 Å². The first-order valence-corrected chi connectivity index (χ1v) is 11.3. The van der Waals surface area contributed by atoms with Gasteiger partial charge in [0.25, 0.3) is 5.91 Å². The molecule has 6 nitrogen and oxygen atoms in total. The Kier molecular flexibility index (Phi) is 6.72. The van der Waals surface area contributed by atoms with Crippen LogP contribution in [-0.4, -0.2) is 51.0 Å². The maximum Gasteiger partial charge on any atom is 0.252 e. The number of ether oxygens (including phenoxy) is 1. The highest BCUT2D eigenvalue weighted by Crippen LogP contribution is 2.21. The highest BCUT2D eigenvalue weighted by atomic mass is 32.2. The lowest BCUT2D eigenvalue weighted by atomic mass is 10.00. The molecule has 1 saturated heterocycles. The molecule has 156 valence electrons. The Bertz CT molecular complexity index is 982. The van der Waals surface area contributed by atoms with Gasteiger partial charge < -0.3 is 10.1 Å². The van der Waals surface area contributed by atoms with E-state index in [1.54, 1.807) is 18.2 Å². The first kappa shape index (κ1) is 21.5. The second kappa shape index (κ2) is 9.07. The van der Waals surface area contributed by atoms with Crippen molar-refractivity contribution >= 4 is 15.9 Å². The molecule has 1 fully saturated rings. The fourth-order valence-electron chi connectivity index (χ4n) is 3.56. The second-order valence-electron chi connectivity index (χ2n) is 7.52. The van der Waals surface area contributed by atoms with E-state index in [2.05, 4.69) is 30.4 Å². The smallest absolute Gasteiger partial charge is 0.252 e. The number of hydrogen-bond donors (Lipinski definition) is 1. The van der Waals surface area contributed by atoms with E-state index < -0.39 is 10.0 Å². The minimum absolute atomic E-state index is 0.0399. The lowest BCUT2D eigenvalue weighted by Gasteiger charge is -2.27. The van der Waals surface area contributed by atoms with Crippen molar-refractivity contribution in [2.24, 2.45) is 0 Å². The van der Waals surface area contributed by atoms with Gasteiger partial charge in [-0.3, -0.25) is 4.79 Å². The molecule has 7 heteroatoms. The molecule has 0 aliphatic carbocycles. The topological polar surface area (TPSA) is 75.7 Å². The number of amides is 1. The first-order chi connectivity index (χ1) is 13.8. The van der Waals surface area contributed by atoms with Crippen molar-refractivity contribution < 1.29 is 17.9 Å². The summed E-state index contributed by atoms with van der Waals surface area (Å²) in [6.07, 6.45) is 0.677. The Hall–Kier alpha value is -2.22. The highest BCUT2D eigenvalue weighted by Gasteiger charge is 2.30. The third-order valence-electron chi connectivity index (χ3n) is 5.12. The molecule has 1 aliphatic rings. The van der Waals surface area contributed by atoms with Crippen molar-refractivity contribution in [3.8, 4) is 0 Å². The molecule has 0 spiro atoms. The number of rotatable bonds is 6. The van der Waals surface area contributed by atoms with E-state index in [0.717, 1.165) is 5.56 Å². The van der Waals surface area contributed by atoms with Crippen molar-refractivity contribution in [2.75, 3.05) is 26.3 Å². The molecule has 1 unspecified atom stereocenters. The van der Waals surface area contributed by atoms with Crippen LogP contribution in [0.2, 0.25) is 0 Å². The Morgan fingerprint density at radius 1 is 1.14 bits per heavy atom. The van der Waals surface area contributed by atoms with Crippen LogP contribution in [0, 0.1) is 13.8 Å². The zero-order valence-corrected chi connectivity index (χ0v) is 18.0. The van der Waals surface area contributed by atoms with Crippen molar-refractivity contribution in [3.63, 3.8) is 0 Å². The largest absolute Gasteiger partial charge is 0.379 e. The standard InChI is InChI=1S/C22H28N2O4S/c1-16-8-9-19(17(2)14-16)15-18(3)23-22(25)20-6-4-5-7-21(20)29(26,27)24-10-12-28-13-11-24/h4-9,14,18H,10-13,15H2,1-3H3,(H,23,25). The lowest BCUT2D eigenvalue weighted by Crippen LogP contribution is -2.42. The van der Waals surface area contributed by atoms with Gasteiger partial charge in [-0.05, 0) is 50.5 Å². The van der Waals surface area contributed by atoms with E-state index in [-0.39, 0.29) is 22.4 Å². The van der Waals surface area contributed by atoms with Crippen molar-refractivity contribution in [3.05, 3.63) is 64.7 Å². The van der Waals surface area contributed by atoms with Crippen molar-refractivity contribution in [1.29, 1.82) is 0 Å². The van der Waals surface area contributed by atoms with Gasteiger partial charge in [-0.25, -0.2) is 8.42 Å². The Morgan fingerprint density at radius 3 is 2.52 bits per heavy atom. The lowest BCUT2D eigenvalue weighted by molar-refractivity contribution is 0.0729. The molecule has 2 aromatic carbocycles. The predicted molar refractivity (Wildman–Crippen MR) is 113 cm³/mol. The van der Waals surface area contributed by atoms with E-state index in [1.807, 2.05) is 13.8 Å². The number of morpholine rings is 1. The fraction of sp³-hybridized carbons (Fsp3) is 0.409. The molecule has 1 amide bonds. The Labute approximate surface area is 172 Å². The number of carbonyl (C=O) groups is 1. The van der Waals surface area contributed by atoms with Gasteiger partial charge in [-0.2, -0.15) is 4.31 Å². The number of aryl methyl sites for hydroxylation is 2. The van der Waals surface area contributed by atoms with Crippen LogP contribution >= 0.6 is 0 Å². The molecule has 1 N–H and O–H groups in total. The highest BCUT2D eigenvalue weighted by molar-refractivity contribution is 7.89. The van der Waals surface area contributed by atoms with E-state index in [4.69, 9.17) is 4.74 Å². The molecule has 0 aromatic heterocycles. The summed E-state index contributed by atoms with van der Waals surface area (Å²) in [4.78, 5) is 13.0. The van der Waals surface area contributed by atoms with Gasteiger partial charge in [0, 0.05) is 19.1 Å².